The number of imidazole rings is 1. The first-order valence-corrected chi connectivity index (χ1v) is 10.3. The first-order chi connectivity index (χ1) is 13.1. The summed E-state index contributed by atoms with van der Waals surface area (Å²) in [6, 6.07) is 6.02. The fourth-order valence-corrected chi connectivity index (χ4v) is 3.70. The molecular weight excluding hydrogens is 338 g/mol. The summed E-state index contributed by atoms with van der Waals surface area (Å²) >= 11 is 0. The monoisotopic (exact) mass is 371 g/mol. The summed E-state index contributed by atoms with van der Waals surface area (Å²) in [5.41, 5.74) is 2.91. The highest BCUT2D eigenvalue weighted by molar-refractivity contribution is 5.93. The number of nitrogens with one attached hydrogen (secondary N) is 1. The molecule has 1 N–H and O–H groups in total. The maximum Gasteiger partial charge on any atom is 0.224 e. The third-order valence-electron chi connectivity index (χ3n) is 5.58. The number of aromatic nitrogens is 2. The molecule has 0 spiro atoms. The minimum absolute atomic E-state index is 0.0820. The van der Waals surface area contributed by atoms with Crippen LogP contribution >= 0.6 is 0 Å². The number of fused-ring (bicyclic) bond motifs is 1. The van der Waals surface area contributed by atoms with E-state index in [9.17, 15) is 4.79 Å². The lowest BCUT2D eigenvalue weighted by molar-refractivity contribution is -0.116. The third-order valence-corrected chi connectivity index (χ3v) is 5.58. The summed E-state index contributed by atoms with van der Waals surface area (Å²) < 4.78 is 2.18. The molecule has 2 aromatic rings. The van der Waals surface area contributed by atoms with Crippen molar-refractivity contribution in [3.63, 3.8) is 0 Å². The molecule has 0 atom stereocenters. The Morgan fingerprint density at radius 3 is 2.59 bits per heavy atom. The van der Waals surface area contributed by atoms with Gasteiger partial charge in [-0.25, -0.2) is 4.98 Å². The van der Waals surface area contributed by atoms with E-state index < -0.39 is 0 Å². The first-order valence-electron chi connectivity index (χ1n) is 10.3. The maximum atomic E-state index is 12.0. The molecule has 2 heterocycles. The number of amides is 1. The van der Waals surface area contributed by atoms with Gasteiger partial charge in [0.05, 0.1) is 11.0 Å². The van der Waals surface area contributed by atoms with Crippen LogP contribution in [-0.4, -0.2) is 64.5 Å². The van der Waals surface area contributed by atoms with Crippen molar-refractivity contribution in [2.45, 2.75) is 39.5 Å². The van der Waals surface area contributed by atoms with Gasteiger partial charge in [0.1, 0.15) is 5.82 Å². The van der Waals surface area contributed by atoms with Crippen LogP contribution < -0.4 is 5.32 Å². The van der Waals surface area contributed by atoms with E-state index in [1.807, 2.05) is 12.1 Å². The van der Waals surface area contributed by atoms with E-state index >= 15 is 0 Å². The molecule has 0 radical (unpaired) electrons. The van der Waals surface area contributed by atoms with Crippen LogP contribution in [0.2, 0.25) is 0 Å². The van der Waals surface area contributed by atoms with Crippen LogP contribution in [0, 0.1) is 0 Å². The highest BCUT2D eigenvalue weighted by Crippen LogP contribution is 2.20. The zero-order valence-electron chi connectivity index (χ0n) is 17.0. The molecule has 1 aromatic heterocycles. The van der Waals surface area contributed by atoms with E-state index in [-0.39, 0.29) is 5.91 Å². The molecule has 6 nitrogen and oxygen atoms in total. The Morgan fingerprint density at radius 2 is 1.89 bits per heavy atom. The number of rotatable bonds is 8. The number of unbranched alkanes of at least 4 members (excludes halogenated alkanes) is 1. The van der Waals surface area contributed by atoms with Crippen LogP contribution in [0.1, 0.15) is 38.9 Å². The first kappa shape index (κ1) is 19.8. The van der Waals surface area contributed by atoms with Crippen LogP contribution in [-0.2, 0) is 18.3 Å². The van der Waals surface area contributed by atoms with E-state index in [4.69, 9.17) is 4.98 Å². The molecule has 1 aliphatic rings. The summed E-state index contributed by atoms with van der Waals surface area (Å²) in [6.07, 6.45) is 3.49. The lowest BCUT2D eigenvalue weighted by Crippen LogP contribution is -2.46. The molecule has 1 aromatic carbocycles. The lowest BCUT2D eigenvalue weighted by atomic mass is 10.2. The highest BCUT2D eigenvalue weighted by atomic mass is 16.1. The van der Waals surface area contributed by atoms with Gasteiger partial charge in [-0.3, -0.25) is 4.79 Å². The number of carbonyl (C=O) groups is 1. The summed E-state index contributed by atoms with van der Waals surface area (Å²) in [5, 5.41) is 2.99. The molecule has 27 heavy (non-hydrogen) atoms. The third kappa shape index (κ3) is 5.08. The van der Waals surface area contributed by atoms with E-state index in [0.29, 0.717) is 6.42 Å². The van der Waals surface area contributed by atoms with Gasteiger partial charge in [-0.05, 0) is 31.2 Å². The van der Waals surface area contributed by atoms with Crippen molar-refractivity contribution >= 4 is 22.6 Å². The fourth-order valence-electron chi connectivity index (χ4n) is 3.70. The van der Waals surface area contributed by atoms with Crippen molar-refractivity contribution in [1.82, 2.24) is 19.4 Å². The summed E-state index contributed by atoms with van der Waals surface area (Å²) in [6.45, 7) is 11.1. The van der Waals surface area contributed by atoms with E-state index in [1.165, 1.54) is 13.1 Å². The number of nitrogens with zero attached hydrogens (tertiary/aromatic N) is 4. The molecule has 0 aliphatic carbocycles. The molecule has 0 saturated carbocycles. The summed E-state index contributed by atoms with van der Waals surface area (Å²) in [7, 11) is 2.08. The largest absolute Gasteiger partial charge is 0.331 e. The zero-order chi connectivity index (χ0) is 19.2. The standard InChI is InChI=1S/C21H33N5O/c1-4-6-7-21(27)22-17-8-9-19-18(16-17)23-20(24(19)3)10-11-26-14-12-25(5-2)13-15-26/h8-9,16H,4-7,10-15H2,1-3H3,(H,22,27). The van der Waals surface area contributed by atoms with Gasteiger partial charge >= 0.3 is 0 Å². The number of likely N-dealkylation sites (N-methyl/N-ethyl adjacent to an activating group) is 1. The van der Waals surface area contributed by atoms with Crippen molar-refractivity contribution in [2.24, 2.45) is 7.05 Å². The lowest BCUT2D eigenvalue weighted by Gasteiger charge is -2.33. The average molecular weight is 372 g/mol. The Balaban J connectivity index is 1.61. The normalized spacial score (nSPS) is 16.1. The molecule has 1 saturated heterocycles. The van der Waals surface area contributed by atoms with Gasteiger partial charge in [-0.15, -0.1) is 0 Å². The molecule has 148 valence electrons. The predicted octanol–water partition coefficient (Wildman–Crippen LogP) is 2.88. The van der Waals surface area contributed by atoms with Crippen LogP contribution in [0.25, 0.3) is 11.0 Å². The molecule has 3 rings (SSSR count). The quantitative estimate of drug-likeness (QED) is 0.775. The van der Waals surface area contributed by atoms with Crippen molar-refractivity contribution in [2.75, 3.05) is 44.6 Å². The van der Waals surface area contributed by atoms with Gasteiger partial charge in [0.15, 0.2) is 0 Å². The van der Waals surface area contributed by atoms with Crippen LogP contribution in [0.3, 0.4) is 0 Å². The Labute approximate surface area is 162 Å². The van der Waals surface area contributed by atoms with Crippen LogP contribution in [0.4, 0.5) is 5.69 Å². The number of hydrogen-bond donors (Lipinski definition) is 1. The zero-order valence-corrected chi connectivity index (χ0v) is 17.0. The Kier molecular flexibility index (Phi) is 6.85. The van der Waals surface area contributed by atoms with Gasteiger partial charge in [0.2, 0.25) is 5.91 Å². The molecule has 6 heteroatoms. The smallest absolute Gasteiger partial charge is 0.224 e. The van der Waals surface area contributed by atoms with Gasteiger partial charge < -0.3 is 19.7 Å². The Bertz CT molecular complexity index is 761. The SMILES string of the molecule is CCCCC(=O)Nc1ccc2c(c1)nc(CCN1CCN(CC)CC1)n2C. The van der Waals surface area contributed by atoms with Crippen LogP contribution in [0.5, 0.6) is 0 Å². The average Bonchev–Trinajstić information content (AvgIpc) is 3.00. The number of piperazine rings is 1. The van der Waals surface area contributed by atoms with Crippen molar-refractivity contribution < 1.29 is 4.79 Å². The van der Waals surface area contributed by atoms with Gasteiger partial charge in [-0.1, -0.05) is 20.3 Å². The van der Waals surface area contributed by atoms with Gasteiger partial charge in [0, 0.05) is 58.3 Å². The Morgan fingerprint density at radius 1 is 1.15 bits per heavy atom. The molecule has 1 amide bonds. The van der Waals surface area contributed by atoms with Crippen LogP contribution in [0.15, 0.2) is 18.2 Å². The number of carbonyl (C=O) groups excluding carboxylic acids is 1. The van der Waals surface area contributed by atoms with Gasteiger partial charge in [-0.2, -0.15) is 0 Å². The summed E-state index contributed by atoms with van der Waals surface area (Å²) in [5.74, 6) is 1.19. The second kappa shape index (κ2) is 9.33. The van der Waals surface area contributed by atoms with Crippen molar-refractivity contribution in [3.05, 3.63) is 24.0 Å². The predicted molar refractivity (Wildman–Crippen MR) is 111 cm³/mol. The highest BCUT2D eigenvalue weighted by Gasteiger charge is 2.16. The fraction of sp³-hybridized carbons (Fsp3) is 0.619. The molecule has 1 fully saturated rings. The molecular formula is C21H33N5O. The minimum Gasteiger partial charge on any atom is -0.331 e. The summed E-state index contributed by atoms with van der Waals surface area (Å²) in [4.78, 5) is 21.8. The second-order valence-electron chi connectivity index (χ2n) is 7.47. The molecule has 0 bridgehead atoms. The van der Waals surface area contributed by atoms with E-state index in [0.717, 1.165) is 68.0 Å². The topological polar surface area (TPSA) is 53.4 Å². The molecule has 1 aliphatic heterocycles. The van der Waals surface area contributed by atoms with E-state index in [1.54, 1.807) is 0 Å². The number of hydrogen-bond acceptors (Lipinski definition) is 4. The molecule has 0 unspecified atom stereocenters. The van der Waals surface area contributed by atoms with Crippen molar-refractivity contribution in [3.8, 4) is 0 Å². The van der Waals surface area contributed by atoms with Crippen molar-refractivity contribution in [1.29, 1.82) is 0 Å². The minimum atomic E-state index is 0.0820. The number of aryl methyl sites for hydroxylation is 1. The second-order valence-corrected chi connectivity index (χ2v) is 7.47. The Hall–Kier alpha value is -1.92. The van der Waals surface area contributed by atoms with Gasteiger partial charge in [0.25, 0.3) is 0 Å². The van der Waals surface area contributed by atoms with E-state index in [2.05, 4.69) is 46.6 Å². The number of benzene rings is 1. The maximum absolute atomic E-state index is 12.0. The number of anilines is 1.